The molecule has 42 heavy (non-hydrogen) atoms. The summed E-state index contributed by atoms with van der Waals surface area (Å²) in [5.41, 5.74) is 0.339. The first-order chi connectivity index (χ1) is 20.1. The van der Waals surface area contributed by atoms with Crippen LogP contribution in [0.3, 0.4) is 0 Å². The van der Waals surface area contributed by atoms with Gasteiger partial charge >= 0.3 is 0 Å². The van der Waals surface area contributed by atoms with Crippen LogP contribution >= 0.6 is 0 Å². The first-order valence-electron chi connectivity index (χ1n) is 13.8. The number of rotatable bonds is 12. The van der Waals surface area contributed by atoms with Crippen LogP contribution in [0.25, 0.3) is 0 Å². The van der Waals surface area contributed by atoms with E-state index in [2.05, 4.69) is 5.32 Å². The number of nitrogens with one attached hydrogen (secondary N) is 1. The van der Waals surface area contributed by atoms with Crippen molar-refractivity contribution in [1.29, 1.82) is 0 Å². The maximum Gasteiger partial charge on any atom is 0.264 e. The van der Waals surface area contributed by atoms with Crippen LogP contribution in [-0.4, -0.2) is 58.0 Å². The van der Waals surface area contributed by atoms with Crippen molar-refractivity contribution in [3.05, 3.63) is 84.2 Å². The Balaban J connectivity index is 1.72. The van der Waals surface area contributed by atoms with E-state index in [1.54, 1.807) is 31.2 Å². The average Bonchev–Trinajstić information content (AvgIpc) is 3.52. The van der Waals surface area contributed by atoms with E-state index in [9.17, 15) is 22.4 Å². The number of ether oxygens (including phenoxy) is 2. The summed E-state index contributed by atoms with van der Waals surface area (Å²) in [5.74, 6) is -0.906. The van der Waals surface area contributed by atoms with E-state index in [-0.39, 0.29) is 40.4 Å². The van der Waals surface area contributed by atoms with Crippen molar-refractivity contribution in [2.75, 3.05) is 25.1 Å². The number of hydrogen-bond acceptors (Lipinski definition) is 6. The van der Waals surface area contributed by atoms with E-state index in [4.69, 9.17) is 9.47 Å². The molecule has 0 aliphatic heterocycles. The van der Waals surface area contributed by atoms with Crippen LogP contribution in [0.5, 0.6) is 11.5 Å². The lowest BCUT2D eigenvalue weighted by molar-refractivity contribution is -0.139. The minimum Gasteiger partial charge on any atom is -0.497 e. The number of methoxy groups -OCH3 is 2. The highest BCUT2D eigenvalue weighted by Gasteiger charge is 2.34. The SMILES string of the molecule is COc1ccc(S(=O)(=O)N(CC(=O)N(Cc2ccccc2F)[C@H](C)C(=O)NC2CCCC2)c2ccccc2OC)cc1. The topological polar surface area (TPSA) is 105 Å². The van der Waals surface area contributed by atoms with Crippen LogP contribution in [-0.2, 0) is 26.2 Å². The quantitative estimate of drug-likeness (QED) is 0.329. The Bertz CT molecular complexity index is 1490. The van der Waals surface area contributed by atoms with E-state index in [1.807, 2.05) is 0 Å². The number of carbonyl (C=O) groups excluding carboxylic acids is 2. The zero-order valence-corrected chi connectivity index (χ0v) is 24.8. The van der Waals surface area contributed by atoms with Crippen LogP contribution in [0.2, 0.25) is 0 Å². The molecule has 0 saturated heterocycles. The first-order valence-corrected chi connectivity index (χ1v) is 15.2. The molecule has 1 aliphatic carbocycles. The standard InChI is InChI=1S/C31H36FN3O6S/c1-22(31(37)33-24-11-5-6-12-24)34(20-23-10-4-7-13-27(23)32)30(36)21-35(28-14-8-9-15-29(28)41-3)42(38,39)26-18-16-25(40-2)17-19-26/h4,7-10,13-19,22,24H,5-6,11-12,20-21H2,1-3H3,(H,33,37)/t22-/m1/s1. The van der Waals surface area contributed by atoms with E-state index in [1.165, 1.54) is 67.7 Å². The molecule has 0 aromatic heterocycles. The molecule has 224 valence electrons. The minimum atomic E-state index is -4.31. The number of nitrogens with zero attached hydrogens (tertiary/aromatic N) is 2. The van der Waals surface area contributed by atoms with Gasteiger partial charge in [0, 0.05) is 18.2 Å². The summed E-state index contributed by atoms with van der Waals surface area (Å²) in [4.78, 5) is 28.5. The molecule has 0 bridgehead atoms. The molecule has 0 spiro atoms. The molecule has 11 heteroatoms. The summed E-state index contributed by atoms with van der Waals surface area (Å²) in [7, 11) is -1.44. The van der Waals surface area contributed by atoms with Crippen LogP contribution in [0.1, 0.15) is 38.2 Å². The monoisotopic (exact) mass is 597 g/mol. The Morgan fingerprint density at radius 2 is 1.60 bits per heavy atom. The predicted octanol–water partition coefficient (Wildman–Crippen LogP) is 4.51. The molecule has 0 radical (unpaired) electrons. The number of amides is 2. The van der Waals surface area contributed by atoms with Crippen molar-refractivity contribution >= 4 is 27.5 Å². The van der Waals surface area contributed by atoms with E-state index >= 15 is 0 Å². The molecule has 1 aliphatic rings. The third kappa shape index (κ3) is 7.02. The largest absolute Gasteiger partial charge is 0.497 e. The van der Waals surface area contributed by atoms with Crippen LogP contribution in [0.4, 0.5) is 10.1 Å². The van der Waals surface area contributed by atoms with E-state index < -0.39 is 34.3 Å². The Morgan fingerprint density at radius 3 is 2.24 bits per heavy atom. The molecular weight excluding hydrogens is 561 g/mol. The van der Waals surface area contributed by atoms with Crippen molar-refractivity contribution in [2.45, 2.75) is 56.1 Å². The highest BCUT2D eigenvalue weighted by Crippen LogP contribution is 2.33. The second-order valence-corrected chi connectivity index (χ2v) is 12.0. The summed E-state index contributed by atoms with van der Waals surface area (Å²) in [6.45, 7) is 0.672. The van der Waals surface area contributed by atoms with Gasteiger partial charge in [0.2, 0.25) is 11.8 Å². The Morgan fingerprint density at radius 1 is 0.952 bits per heavy atom. The van der Waals surface area contributed by atoms with Gasteiger partial charge in [-0.05, 0) is 62.2 Å². The molecular formula is C31H36FN3O6S. The summed E-state index contributed by atoms with van der Waals surface area (Å²) in [5, 5.41) is 2.99. The number of para-hydroxylation sites is 2. The third-order valence-electron chi connectivity index (χ3n) is 7.45. The number of sulfonamides is 1. The van der Waals surface area contributed by atoms with Gasteiger partial charge in [-0.2, -0.15) is 0 Å². The molecule has 1 atom stereocenters. The number of hydrogen-bond donors (Lipinski definition) is 1. The maximum absolute atomic E-state index is 14.7. The van der Waals surface area contributed by atoms with Crippen molar-refractivity contribution in [2.24, 2.45) is 0 Å². The van der Waals surface area contributed by atoms with Crippen LogP contribution in [0, 0.1) is 5.82 Å². The number of halogens is 1. The van der Waals surface area contributed by atoms with Gasteiger partial charge in [-0.15, -0.1) is 0 Å². The maximum atomic E-state index is 14.7. The van der Waals surface area contributed by atoms with Crippen molar-refractivity contribution < 1.29 is 31.9 Å². The zero-order chi connectivity index (χ0) is 30.3. The van der Waals surface area contributed by atoms with Gasteiger partial charge in [-0.3, -0.25) is 13.9 Å². The fourth-order valence-electron chi connectivity index (χ4n) is 5.01. The fraction of sp³-hybridized carbons (Fsp3) is 0.355. The Kier molecular flexibility index (Phi) is 10.1. The molecule has 1 fully saturated rings. The molecule has 1 saturated carbocycles. The predicted molar refractivity (Wildman–Crippen MR) is 157 cm³/mol. The van der Waals surface area contributed by atoms with Gasteiger partial charge < -0.3 is 19.7 Å². The van der Waals surface area contributed by atoms with Crippen LogP contribution < -0.4 is 19.1 Å². The second kappa shape index (κ2) is 13.7. The van der Waals surface area contributed by atoms with Gasteiger partial charge in [0.25, 0.3) is 10.0 Å². The molecule has 0 unspecified atom stereocenters. The average molecular weight is 598 g/mol. The summed E-state index contributed by atoms with van der Waals surface area (Å²) >= 11 is 0. The molecule has 3 aromatic rings. The van der Waals surface area contributed by atoms with E-state index in [0.29, 0.717) is 5.75 Å². The summed E-state index contributed by atoms with van der Waals surface area (Å²) in [6, 6.07) is 17.2. The molecule has 3 aromatic carbocycles. The smallest absolute Gasteiger partial charge is 0.264 e. The van der Waals surface area contributed by atoms with Gasteiger partial charge in [-0.25, -0.2) is 12.8 Å². The van der Waals surface area contributed by atoms with Crippen molar-refractivity contribution in [3.63, 3.8) is 0 Å². The molecule has 0 heterocycles. The van der Waals surface area contributed by atoms with Gasteiger partial charge in [-0.1, -0.05) is 43.2 Å². The summed E-state index contributed by atoms with van der Waals surface area (Å²) < 4.78 is 54.3. The zero-order valence-electron chi connectivity index (χ0n) is 24.0. The third-order valence-corrected chi connectivity index (χ3v) is 9.22. The Labute approximate surface area is 246 Å². The number of anilines is 1. The lowest BCUT2D eigenvalue weighted by Gasteiger charge is -2.33. The van der Waals surface area contributed by atoms with Gasteiger partial charge in [0.1, 0.15) is 29.9 Å². The van der Waals surface area contributed by atoms with Gasteiger partial charge in [0.15, 0.2) is 0 Å². The molecule has 2 amide bonds. The fourth-order valence-corrected chi connectivity index (χ4v) is 6.43. The highest BCUT2D eigenvalue weighted by molar-refractivity contribution is 7.92. The number of carbonyl (C=O) groups is 2. The summed E-state index contributed by atoms with van der Waals surface area (Å²) in [6.07, 6.45) is 3.71. The normalized spacial score (nSPS) is 14.2. The lowest BCUT2D eigenvalue weighted by atomic mass is 10.1. The molecule has 1 N–H and O–H groups in total. The lowest BCUT2D eigenvalue weighted by Crippen LogP contribution is -2.52. The first kappa shape index (κ1) is 30.8. The molecule has 4 rings (SSSR count). The van der Waals surface area contributed by atoms with Gasteiger partial charge in [0.05, 0.1) is 24.8 Å². The number of benzene rings is 3. The van der Waals surface area contributed by atoms with E-state index in [0.717, 1.165) is 30.0 Å². The highest BCUT2D eigenvalue weighted by atomic mass is 32.2. The Hall–Kier alpha value is -4.12. The van der Waals surface area contributed by atoms with Crippen molar-refractivity contribution in [1.82, 2.24) is 10.2 Å². The van der Waals surface area contributed by atoms with Crippen molar-refractivity contribution in [3.8, 4) is 11.5 Å². The second-order valence-electron chi connectivity index (χ2n) is 10.1. The molecule has 9 nitrogen and oxygen atoms in total. The van der Waals surface area contributed by atoms with Crippen LogP contribution in [0.15, 0.2) is 77.7 Å². The minimum absolute atomic E-state index is 0.00546.